The summed E-state index contributed by atoms with van der Waals surface area (Å²) in [5.74, 6) is 1.92. The molecule has 0 bridgehead atoms. The van der Waals surface area contributed by atoms with Crippen LogP contribution in [0.4, 0.5) is 0 Å². The normalized spacial score (nSPS) is 15.4. The minimum atomic E-state index is 0.411. The molecule has 7 heteroatoms. The van der Waals surface area contributed by atoms with Gasteiger partial charge in [0.15, 0.2) is 5.82 Å². The molecule has 2 N–H and O–H groups in total. The zero-order valence-electron chi connectivity index (χ0n) is 9.74. The van der Waals surface area contributed by atoms with Crippen LogP contribution in [0.25, 0.3) is 0 Å². The summed E-state index contributed by atoms with van der Waals surface area (Å²) in [5, 5.41) is 16.3. The van der Waals surface area contributed by atoms with Gasteiger partial charge in [-0.25, -0.2) is 4.68 Å². The molecular formula is C10H15N7. The molecule has 90 valence electrons. The quantitative estimate of drug-likeness (QED) is 0.804. The van der Waals surface area contributed by atoms with Gasteiger partial charge in [-0.2, -0.15) is 0 Å². The Bertz CT molecular complexity index is 522. The molecule has 3 rings (SSSR count). The Morgan fingerprint density at radius 2 is 2.18 bits per heavy atom. The van der Waals surface area contributed by atoms with Crippen molar-refractivity contribution in [2.24, 2.45) is 5.73 Å². The third-order valence-corrected chi connectivity index (χ3v) is 2.95. The molecule has 17 heavy (non-hydrogen) atoms. The number of aryl methyl sites for hydroxylation is 1. The second kappa shape index (κ2) is 3.92. The first-order valence-electron chi connectivity index (χ1n) is 5.77. The van der Waals surface area contributed by atoms with E-state index in [-0.39, 0.29) is 0 Å². The molecule has 0 aromatic carbocycles. The van der Waals surface area contributed by atoms with Gasteiger partial charge in [-0.3, -0.25) is 0 Å². The van der Waals surface area contributed by atoms with Crippen molar-refractivity contribution in [3.05, 3.63) is 23.5 Å². The number of rotatable bonds is 4. The van der Waals surface area contributed by atoms with Gasteiger partial charge in [0.05, 0.1) is 11.9 Å². The van der Waals surface area contributed by atoms with Gasteiger partial charge in [-0.15, -0.1) is 15.3 Å². The SMILES string of the molecule is Cc1nnc(Cn2cc(CN)nn2)n1C1CC1. The lowest BCUT2D eigenvalue weighted by Gasteiger charge is -2.05. The first kappa shape index (κ1) is 10.4. The first-order valence-corrected chi connectivity index (χ1v) is 5.77. The fraction of sp³-hybridized carbons (Fsp3) is 0.600. The Morgan fingerprint density at radius 1 is 1.35 bits per heavy atom. The molecule has 1 fully saturated rings. The van der Waals surface area contributed by atoms with Gasteiger partial charge in [0.2, 0.25) is 0 Å². The Labute approximate surface area is 98.6 Å². The van der Waals surface area contributed by atoms with Crippen LogP contribution in [0.15, 0.2) is 6.20 Å². The van der Waals surface area contributed by atoms with Gasteiger partial charge in [0.25, 0.3) is 0 Å². The van der Waals surface area contributed by atoms with Crippen molar-refractivity contribution < 1.29 is 0 Å². The number of hydrogen-bond donors (Lipinski definition) is 1. The Hall–Kier alpha value is -1.76. The molecule has 0 unspecified atom stereocenters. The standard InChI is InChI=1S/C10H15N7/c1-7-12-14-10(17(7)9-2-3-9)6-16-5-8(4-11)13-15-16/h5,9H,2-4,6,11H2,1H3. The van der Waals surface area contributed by atoms with Crippen LogP contribution in [0.1, 0.15) is 36.2 Å². The van der Waals surface area contributed by atoms with Crippen molar-refractivity contribution in [3.63, 3.8) is 0 Å². The van der Waals surface area contributed by atoms with E-state index in [0.29, 0.717) is 19.1 Å². The van der Waals surface area contributed by atoms with Crippen LogP contribution in [0, 0.1) is 6.92 Å². The van der Waals surface area contributed by atoms with Gasteiger partial charge < -0.3 is 10.3 Å². The molecule has 0 radical (unpaired) electrons. The van der Waals surface area contributed by atoms with Gasteiger partial charge in [0, 0.05) is 12.6 Å². The van der Waals surface area contributed by atoms with Crippen LogP contribution in [0.2, 0.25) is 0 Å². The van der Waals surface area contributed by atoms with Crippen LogP contribution in [-0.4, -0.2) is 29.8 Å². The molecule has 0 saturated heterocycles. The largest absolute Gasteiger partial charge is 0.325 e. The highest BCUT2D eigenvalue weighted by atomic mass is 15.4. The van der Waals surface area contributed by atoms with Gasteiger partial charge in [-0.1, -0.05) is 5.21 Å². The summed E-state index contributed by atoms with van der Waals surface area (Å²) in [6, 6.07) is 0.581. The molecule has 2 heterocycles. The number of aromatic nitrogens is 6. The summed E-state index contributed by atoms with van der Waals surface area (Å²) in [5.41, 5.74) is 6.29. The van der Waals surface area contributed by atoms with E-state index in [2.05, 4.69) is 25.1 Å². The maximum atomic E-state index is 5.50. The lowest BCUT2D eigenvalue weighted by molar-refractivity contribution is 0.577. The third-order valence-electron chi connectivity index (χ3n) is 2.95. The van der Waals surface area contributed by atoms with Gasteiger partial charge >= 0.3 is 0 Å². The smallest absolute Gasteiger partial charge is 0.155 e. The molecule has 2 aromatic rings. The van der Waals surface area contributed by atoms with Crippen molar-refractivity contribution in [2.75, 3.05) is 0 Å². The van der Waals surface area contributed by atoms with E-state index in [4.69, 9.17) is 5.73 Å². The lowest BCUT2D eigenvalue weighted by atomic mass is 10.4. The molecule has 1 aliphatic rings. The van der Waals surface area contributed by atoms with Crippen molar-refractivity contribution >= 4 is 0 Å². The van der Waals surface area contributed by atoms with Crippen LogP contribution >= 0.6 is 0 Å². The predicted molar refractivity (Wildman–Crippen MR) is 60.0 cm³/mol. The number of hydrogen-bond acceptors (Lipinski definition) is 5. The summed E-state index contributed by atoms with van der Waals surface area (Å²) in [6.45, 7) is 3.00. The van der Waals surface area contributed by atoms with E-state index in [1.165, 1.54) is 12.8 Å². The van der Waals surface area contributed by atoms with E-state index >= 15 is 0 Å². The zero-order chi connectivity index (χ0) is 11.8. The maximum absolute atomic E-state index is 5.50. The molecule has 1 aliphatic carbocycles. The van der Waals surface area contributed by atoms with Crippen LogP contribution < -0.4 is 5.73 Å². The average molecular weight is 233 g/mol. The average Bonchev–Trinajstić information content (AvgIpc) is 2.94. The zero-order valence-corrected chi connectivity index (χ0v) is 9.74. The number of nitrogens with zero attached hydrogens (tertiary/aromatic N) is 6. The molecule has 7 nitrogen and oxygen atoms in total. The van der Waals surface area contributed by atoms with Gasteiger partial charge in [0.1, 0.15) is 12.4 Å². The van der Waals surface area contributed by atoms with Crippen molar-refractivity contribution in [2.45, 2.75) is 38.9 Å². The second-order valence-corrected chi connectivity index (χ2v) is 4.38. The highest BCUT2D eigenvalue weighted by molar-refractivity contribution is 5.02. The van der Waals surface area contributed by atoms with Crippen molar-refractivity contribution in [3.8, 4) is 0 Å². The molecule has 0 aliphatic heterocycles. The third kappa shape index (κ3) is 1.93. The molecule has 0 atom stereocenters. The summed E-state index contributed by atoms with van der Waals surface area (Å²) < 4.78 is 3.95. The second-order valence-electron chi connectivity index (χ2n) is 4.38. The van der Waals surface area contributed by atoms with Crippen molar-refractivity contribution in [1.82, 2.24) is 29.8 Å². The summed E-state index contributed by atoms with van der Waals surface area (Å²) in [6.07, 6.45) is 4.29. The van der Waals surface area contributed by atoms with E-state index in [1.54, 1.807) is 4.68 Å². The van der Waals surface area contributed by atoms with Crippen LogP contribution in [0.5, 0.6) is 0 Å². The molecular weight excluding hydrogens is 218 g/mol. The van der Waals surface area contributed by atoms with Gasteiger partial charge in [-0.05, 0) is 19.8 Å². The Kier molecular flexibility index (Phi) is 2.40. The van der Waals surface area contributed by atoms with E-state index in [9.17, 15) is 0 Å². The highest BCUT2D eigenvalue weighted by Crippen LogP contribution is 2.36. The highest BCUT2D eigenvalue weighted by Gasteiger charge is 2.28. The van der Waals surface area contributed by atoms with E-state index in [1.807, 2.05) is 13.1 Å². The lowest BCUT2D eigenvalue weighted by Crippen LogP contribution is -2.09. The topological polar surface area (TPSA) is 87.4 Å². The number of nitrogens with two attached hydrogens (primary N) is 1. The molecule has 0 spiro atoms. The monoisotopic (exact) mass is 233 g/mol. The Balaban J connectivity index is 1.84. The minimum Gasteiger partial charge on any atom is -0.325 e. The van der Waals surface area contributed by atoms with E-state index in [0.717, 1.165) is 17.3 Å². The summed E-state index contributed by atoms with van der Waals surface area (Å²) in [7, 11) is 0. The van der Waals surface area contributed by atoms with E-state index < -0.39 is 0 Å². The predicted octanol–water partition coefficient (Wildman–Crippen LogP) is 0.0199. The fourth-order valence-electron chi connectivity index (χ4n) is 1.98. The van der Waals surface area contributed by atoms with Crippen LogP contribution in [-0.2, 0) is 13.1 Å². The maximum Gasteiger partial charge on any atom is 0.155 e. The molecule has 0 amide bonds. The minimum absolute atomic E-state index is 0.411. The molecule has 2 aromatic heterocycles. The summed E-state index contributed by atoms with van der Waals surface area (Å²) in [4.78, 5) is 0. The Morgan fingerprint density at radius 3 is 2.82 bits per heavy atom. The van der Waals surface area contributed by atoms with Crippen LogP contribution in [0.3, 0.4) is 0 Å². The molecule has 1 saturated carbocycles. The summed E-state index contributed by atoms with van der Waals surface area (Å²) >= 11 is 0. The first-order chi connectivity index (χ1) is 8.28. The fourth-order valence-corrected chi connectivity index (χ4v) is 1.98. The van der Waals surface area contributed by atoms with Crippen molar-refractivity contribution in [1.29, 1.82) is 0 Å².